The fourth-order valence-electron chi connectivity index (χ4n) is 2.32. The van der Waals surface area contributed by atoms with E-state index in [2.05, 4.69) is 63.4 Å². The molecule has 0 N–H and O–H groups in total. The highest BCUT2D eigenvalue weighted by Gasteiger charge is 2.39. The Morgan fingerprint density at radius 3 is 2.29 bits per heavy atom. The second-order valence-electron chi connectivity index (χ2n) is 6.16. The molecule has 1 aromatic rings. The first-order valence-electron chi connectivity index (χ1n) is 7.77. The van der Waals surface area contributed by atoms with E-state index in [9.17, 15) is 0 Å². The topological polar surface area (TPSA) is 27.7 Å². The van der Waals surface area contributed by atoms with Crippen LogP contribution < -0.4 is 0 Å². The molecule has 3 nitrogen and oxygen atoms in total. The zero-order valence-corrected chi connectivity index (χ0v) is 19.5. The van der Waals surface area contributed by atoms with Gasteiger partial charge in [0, 0.05) is 0 Å². The third-order valence-electron chi connectivity index (χ3n) is 3.66. The summed E-state index contributed by atoms with van der Waals surface area (Å²) in [6.45, 7) is 11.0. The minimum atomic E-state index is -2.10. The second-order valence-corrected chi connectivity index (χ2v) is 17.6. The van der Waals surface area contributed by atoms with Gasteiger partial charge in [-0.05, 0) is 50.3 Å². The molecule has 0 aliphatic carbocycles. The maximum atomic E-state index is 6.47. The van der Waals surface area contributed by atoms with Crippen LogP contribution in [0.25, 0.3) is 0 Å². The number of hydrogen-bond acceptors (Lipinski definition) is 3. The summed E-state index contributed by atoms with van der Waals surface area (Å²) in [5.41, 5.74) is 1.36. The molecular weight excluding hydrogens is 328 g/mol. The molecule has 21 heavy (non-hydrogen) atoms. The SMILES string of the molecule is CC[SiH](C)O[Si](C)(C)O[Si](C)(CCc1ccccc1)O[SiH3]. The summed E-state index contributed by atoms with van der Waals surface area (Å²) in [5, 5.41) is 0. The van der Waals surface area contributed by atoms with Crippen molar-refractivity contribution in [3.63, 3.8) is 0 Å². The van der Waals surface area contributed by atoms with Crippen molar-refractivity contribution in [1.29, 1.82) is 0 Å². The van der Waals surface area contributed by atoms with Crippen LogP contribution in [0, 0.1) is 0 Å². The molecule has 0 heterocycles. The van der Waals surface area contributed by atoms with Crippen LogP contribution in [-0.4, -0.2) is 36.6 Å². The summed E-state index contributed by atoms with van der Waals surface area (Å²) in [4.78, 5) is 0. The quantitative estimate of drug-likeness (QED) is 0.635. The van der Waals surface area contributed by atoms with E-state index in [0.29, 0.717) is 0 Å². The summed E-state index contributed by atoms with van der Waals surface area (Å²) in [7, 11) is -4.50. The molecule has 2 atom stereocenters. The molecule has 0 amide bonds. The van der Waals surface area contributed by atoms with E-state index >= 15 is 0 Å². The number of benzene rings is 1. The number of rotatable bonds is 9. The van der Waals surface area contributed by atoms with Gasteiger partial charge in [-0.1, -0.05) is 37.3 Å². The standard InChI is InChI=1S/C14H30O3Si4/c1-6-19(2)16-20(3,4)17-21(5,15-18)13-12-14-10-8-7-9-11-14/h7-11,19H,6,12-13H2,1-5,18H3. The van der Waals surface area contributed by atoms with Crippen molar-refractivity contribution in [3.05, 3.63) is 35.9 Å². The van der Waals surface area contributed by atoms with Crippen molar-refractivity contribution in [1.82, 2.24) is 0 Å². The Morgan fingerprint density at radius 1 is 1.14 bits per heavy atom. The lowest BCUT2D eigenvalue weighted by Gasteiger charge is -2.36. The Morgan fingerprint density at radius 2 is 1.76 bits per heavy atom. The molecule has 0 radical (unpaired) electrons. The van der Waals surface area contributed by atoms with Gasteiger partial charge in [0.25, 0.3) is 0 Å². The van der Waals surface area contributed by atoms with Crippen molar-refractivity contribution >= 4 is 36.6 Å². The van der Waals surface area contributed by atoms with Gasteiger partial charge >= 0.3 is 17.1 Å². The Bertz CT molecular complexity index is 416. The second kappa shape index (κ2) is 8.56. The van der Waals surface area contributed by atoms with Gasteiger partial charge in [0.2, 0.25) is 0 Å². The van der Waals surface area contributed by atoms with Crippen LogP contribution in [0.3, 0.4) is 0 Å². The molecule has 120 valence electrons. The van der Waals surface area contributed by atoms with E-state index < -0.39 is 26.2 Å². The van der Waals surface area contributed by atoms with Crippen LogP contribution in [0.15, 0.2) is 30.3 Å². The van der Waals surface area contributed by atoms with Crippen molar-refractivity contribution in [2.45, 2.75) is 51.6 Å². The summed E-state index contributed by atoms with van der Waals surface area (Å²) >= 11 is 0. The van der Waals surface area contributed by atoms with Crippen LogP contribution in [-0.2, 0) is 18.8 Å². The van der Waals surface area contributed by atoms with Gasteiger partial charge in [-0.25, -0.2) is 0 Å². The first kappa shape index (κ1) is 19.0. The van der Waals surface area contributed by atoms with Gasteiger partial charge in [0.15, 0.2) is 9.04 Å². The molecule has 2 unspecified atom stereocenters. The largest absolute Gasteiger partial charge is 0.445 e. The predicted octanol–water partition coefficient (Wildman–Crippen LogP) is 2.71. The van der Waals surface area contributed by atoms with E-state index in [1.165, 1.54) is 5.56 Å². The predicted molar refractivity (Wildman–Crippen MR) is 101 cm³/mol. The highest BCUT2D eigenvalue weighted by Crippen LogP contribution is 2.23. The molecule has 0 fully saturated rings. The van der Waals surface area contributed by atoms with Gasteiger partial charge in [0.1, 0.15) is 10.5 Å². The molecule has 0 aliphatic rings. The van der Waals surface area contributed by atoms with Gasteiger partial charge in [-0.15, -0.1) is 0 Å². The maximum Gasteiger partial charge on any atom is 0.315 e. The summed E-state index contributed by atoms with van der Waals surface area (Å²) in [6.07, 6.45) is 1.02. The molecule has 0 saturated heterocycles. The summed E-state index contributed by atoms with van der Waals surface area (Å²) in [6, 6.07) is 12.7. The number of aryl methyl sites for hydroxylation is 1. The molecule has 1 rings (SSSR count). The highest BCUT2D eigenvalue weighted by molar-refractivity contribution is 6.83. The molecule has 7 heteroatoms. The molecular formula is C14H30O3Si4. The minimum absolute atomic E-state index is 0.731. The van der Waals surface area contributed by atoms with E-state index in [0.717, 1.165) is 29.0 Å². The van der Waals surface area contributed by atoms with Crippen molar-refractivity contribution in [3.8, 4) is 0 Å². The molecule has 0 bridgehead atoms. The number of hydrogen-bond donors (Lipinski definition) is 0. The van der Waals surface area contributed by atoms with Crippen molar-refractivity contribution in [2.24, 2.45) is 0 Å². The maximum absolute atomic E-state index is 6.47. The normalized spacial score (nSPS) is 16.6. The first-order chi connectivity index (χ1) is 9.80. The van der Waals surface area contributed by atoms with Gasteiger partial charge in [-0.3, -0.25) is 0 Å². The van der Waals surface area contributed by atoms with Gasteiger partial charge in [0.05, 0.1) is 0 Å². The smallest absolute Gasteiger partial charge is 0.315 e. The molecule has 0 saturated carbocycles. The van der Waals surface area contributed by atoms with E-state index in [-0.39, 0.29) is 0 Å². The zero-order chi connectivity index (χ0) is 15.9. The lowest BCUT2D eigenvalue weighted by molar-refractivity contribution is 0.338. The van der Waals surface area contributed by atoms with E-state index in [4.69, 9.17) is 12.3 Å². The van der Waals surface area contributed by atoms with Crippen LogP contribution in [0.4, 0.5) is 0 Å². The zero-order valence-electron chi connectivity index (χ0n) is 14.3. The Hall–Kier alpha value is -0.0325. The third kappa shape index (κ3) is 7.18. The fraction of sp³-hybridized carbons (Fsp3) is 0.571. The Labute approximate surface area is 136 Å². The lowest BCUT2D eigenvalue weighted by Crippen LogP contribution is -2.52. The third-order valence-corrected chi connectivity index (χ3v) is 17.0. The lowest BCUT2D eigenvalue weighted by atomic mass is 10.2. The van der Waals surface area contributed by atoms with Crippen molar-refractivity contribution in [2.75, 3.05) is 0 Å². The summed E-state index contributed by atoms with van der Waals surface area (Å²) < 4.78 is 18.7. The van der Waals surface area contributed by atoms with E-state index in [1.54, 1.807) is 0 Å². The van der Waals surface area contributed by atoms with Crippen LogP contribution in [0.1, 0.15) is 12.5 Å². The Balaban J connectivity index is 2.62. The fourth-order valence-corrected chi connectivity index (χ4v) is 14.7. The highest BCUT2D eigenvalue weighted by atomic mass is 28.5. The minimum Gasteiger partial charge on any atom is -0.445 e. The first-order valence-corrected chi connectivity index (χ1v) is 16.4. The van der Waals surface area contributed by atoms with Crippen LogP contribution in [0.5, 0.6) is 0 Å². The van der Waals surface area contributed by atoms with Gasteiger partial charge in [-0.2, -0.15) is 0 Å². The van der Waals surface area contributed by atoms with Gasteiger partial charge < -0.3 is 12.3 Å². The molecule has 0 spiro atoms. The summed E-state index contributed by atoms with van der Waals surface area (Å²) in [5.74, 6) is 0. The monoisotopic (exact) mass is 358 g/mol. The van der Waals surface area contributed by atoms with Crippen LogP contribution in [0.2, 0.25) is 38.3 Å². The Kier molecular flexibility index (Phi) is 7.75. The average molecular weight is 359 g/mol. The van der Waals surface area contributed by atoms with E-state index in [1.807, 2.05) is 0 Å². The molecule has 0 aliphatic heterocycles. The molecule has 1 aromatic carbocycles. The average Bonchev–Trinajstić information content (AvgIpc) is 2.45. The molecule has 0 aromatic heterocycles. The van der Waals surface area contributed by atoms with Crippen molar-refractivity contribution < 1.29 is 12.3 Å². The van der Waals surface area contributed by atoms with Crippen LogP contribution >= 0.6 is 0 Å².